The van der Waals surface area contributed by atoms with Crippen LogP contribution in [0.15, 0.2) is 48.5 Å². The Kier molecular flexibility index (Phi) is 2.38. The summed E-state index contributed by atoms with van der Waals surface area (Å²) in [5.41, 5.74) is 3.41. The van der Waals surface area contributed by atoms with Crippen LogP contribution in [0.4, 0.5) is 5.69 Å². The van der Waals surface area contributed by atoms with E-state index in [2.05, 4.69) is 35.6 Å². The molecule has 2 atom stereocenters. The SMILES string of the molecule is Clc1cccc2c1[C@@]1(c3ccccc3)CCO[C@H]1N2. The zero-order chi connectivity index (χ0) is 12.9. The summed E-state index contributed by atoms with van der Waals surface area (Å²) in [5, 5.41) is 4.29. The summed E-state index contributed by atoms with van der Waals surface area (Å²) < 4.78 is 5.90. The zero-order valence-corrected chi connectivity index (χ0v) is 11.2. The van der Waals surface area contributed by atoms with Crippen molar-refractivity contribution in [3.8, 4) is 0 Å². The number of nitrogens with one attached hydrogen (secondary N) is 1. The van der Waals surface area contributed by atoms with Gasteiger partial charge in [-0.3, -0.25) is 0 Å². The summed E-state index contributed by atoms with van der Waals surface area (Å²) >= 11 is 6.48. The minimum atomic E-state index is -0.144. The maximum absolute atomic E-state index is 6.48. The Morgan fingerprint density at radius 1 is 1.11 bits per heavy atom. The highest BCUT2D eigenvalue weighted by Crippen LogP contribution is 2.53. The van der Waals surface area contributed by atoms with Crippen LogP contribution in [0.3, 0.4) is 0 Å². The Labute approximate surface area is 117 Å². The molecular formula is C16H14ClNO. The molecule has 0 aliphatic carbocycles. The number of halogens is 1. The average molecular weight is 272 g/mol. The lowest BCUT2D eigenvalue weighted by atomic mass is 9.73. The Balaban J connectivity index is 2.00. The van der Waals surface area contributed by atoms with Crippen LogP contribution in [0, 0.1) is 0 Å². The number of ether oxygens (including phenoxy) is 1. The van der Waals surface area contributed by atoms with E-state index in [1.807, 2.05) is 18.2 Å². The largest absolute Gasteiger partial charge is 0.359 e. The molecule has 19 heavy (non-hydrogen) atoms. The number of anilines is 1. The van der Waals surface area contributed by atoms with Gasteiger partial charge >= 0.3 is 0 Å². The van der Waals surface area contributed by atoms with Gasteiger partial charge < -0.3 is 10.1 Å². The van der Waals surface area contributed by atoms with Gasteiger partial charge in [-0.15, -0.1) is 0 Å². The molecule has 2 aromatic carbocycles. The molecule has 3 heteroatoms. The van der Waals surface area contributed by atoms with E-state index in [-0.39, 0.29) is 11.6 Å². The monoisotopic (exact) mass is 271 g/mol. The van der Waals surface area contributed by atoms with Crippen molar-refractivity contribution in [2.75, 3.05) is 11.9 Å². The number of benzene rings is 2. The van der Waals surface area contributed by atoms with E-state index in [0.29, 0.717) is 0 Å². The molecule has 0 unspecified atom stereocenters. The summed E-state index contributed by atoms with van der Waals surface area (Å²) in [7, 11) is 0. The predicted octanol–water partition coefficient (Wildman–Crippen LogP) is 3.80. The van der Waals surface area contributed by atoms with Gasteiger partial charge in [0.05, 0.1) is 12.0 Å². The average Bonchev–Trinajstić information content (AvgIpc) is 2.96. The first-order valence-electron chi connectivity index (χ1n) is 6.55. The Morgan fingerprint density at radius 2 is 1.95 bits per heavy atom. The quantitative estimate of drug-likeness (QED) is 0.852. The van der Waals surface area contributed by atoms with Crippen LogP contribution in [0.5, 0.6) is 0 Å². The van der Waals surface area contributed by atoms with Crippen molar-refractivity contribution >= 4 is 17.3 Å². The first-order chi connectivity index (χ1) is 9.32. The van der Waals surface area contributed by atoms with Crippen LogP contribution in [0.2, 0.25) is 5.02 Å². The van der Waals surface area contributed by atoms with Crippen molar-refractivity contribution in [3.05, 3.63) is 64.7 Å². The molecule has 0 aromatic heterocycles. The van der Waals surface area contributed by atoms with Crippen LogP contribution < -0.4 is 5.32 Å². The molecule has 0 spiro atoms. The molecule has 0 saturated carbocycles. The van der Waals surface area contributed by atoms with Gasteiger partial charge in [0.2, 0.25) is 0 Å². The smallest absolute Gasteiger partial charge is 0.141 e. The standard InChI is InChI=1S/C16H14ClNO/c17-12-7-4-8-13-14(12)16(9-10-19-15(16)18-13)11-5-2-1-3-6-11/h1-8,15,18H,9-10H2/t15-,16+/m1/s1. The molecule has 1 saturated heterocycles. The molecule has 0 amide bonds. The van der Waals surface area contributed by atoms with Gasteiger partial charge in [0.1, 0.15) is 6.23 Å². The van der Waals surface area contributed by atoms with Crippen molar-refractivity contribution in [1.29, 1.82) is 0 Å². The van der Waals surface area contributed by atoms with Crippen molar-refractivity contribution in [3.63, 3.8) is 0 Å². The molecular weight excluding hydrogens is 258 g/mol. The second kappa shape index (κ2) is 3.99. The number of fused-ring (bicyclic) bond motifs is 3. The molecule has 2 nitrogen and oxygen atoms in total. The minimum absolute atomic E-state index is 0.00944. The molecule has 2 aliphatic rings. The van der Waals surface area contributed by atoms with Crippen LogP contribution in [-0.2, 0) is 10.2 Å². The molecule has 4 rings (SSSR count). The van der Waals surface area contributed by atoms with E-state index in [1.54, 1.807) is 0 Å². The Bertz CT molecular complexity index is 628. The summed E-state index contributed by atoms with van der Waals surface area (Å²) in [6.07, 6.45) is 0.954. The molecule has 0 bridgehead atoms. The fraction of sp³-hybridized carbons (Fsp3) is 0.250. The van der Waals surface area contributed by atoms with Crippen molar-refractivity contribution in [1.82, 2.24) is 0 Å². The summed E-state index contributed by atoms with van der Waals surface area (Å²) in [6, 6.07) is 16.6. The first kappa shape index (κ1) is 11.3. The second-order valence-electron chi connectivity index (χ2n) is 5.14. The first-order valence-corrected chi connectivity index (χ1v) is 6.93. The van der Waals surface area contributed by atoms with Crippen LogP contribution in [-0.4, -0.2) is 12.8 Å². The highest BCUT2D eigenvalue weighted by atomic mass is 35.5. The van der Waals surface area contributed by atoms with Gasteiger partial charge in [-0.1, -0.05) is 48.0 Å². The highest BCUT2D eigenvalue weighted by Gasteiger charge is 2.53. The van der Waals surface area contributed by atoms with Crippen LogP contribution in [0.1, 0.15) is 17.5 Å². The summed E-state index contributed by atoms with van der Waals surface area (Å²) in [6.45, 7) is 0.761. The van der Waals surface area contributed by atoms with Gasteiger partial charge in [0.15, 0.2) is 0 Å². The molecule has 1 fully saturated rings. The molecule has 96 valence electrons. The topological polar surface area (TPSA) is 21.3 Å². The van der Waals surface area contributed by atoms with E-state index < -0.39 is 0 Å². The van der Waals surface area contributed by atoms with Crippen molar-refractivity contribution in [2.24, 2.45) is 0 Å². The maximum Gasteiger partial charge on any atom is 0.141 e. The predicted molar refractivity (Wildman–Crippen MR) is 76.7 cm³/mol. The fourth-order valence-electron chi connectivity index (χ4n) is 3.45. The Hall–Kier alpha value is -1.51. The lowest BCUT2D eigenvalue weighted by Gasteiger charge is -2.29. The van der Waals surface area contributed by atoms with Gasteiger partial charge in [-0.05, 0) is 24.1 Å². The van der Waals surface area contributed by atoms with Crippen molar-refractivity contribution < 1.29 is 4.74 Å². The normalized spacial score (nSPS) is 27.7. The van der Waals surface area contributed by atoms with Crippen molar-refractivity contribution in [2.45, 2.75) is 18.1 Å². The third-order valence-electron chi connectivity index (χ3n) is 4.26. The third-order valence-corrected chi connectivity index (χ3v) is 4.58. The summed E-state index contributed by atoms with van der Waals surface area (Å²) in [5.74, 6) is 0. The lowest BCUT2D eigenvalue weighted by Crippen LogP contribution is -2.35. The van der Waals surface area contributed by atoms with E-state index in [1.165, 1.54) is 11.1 Å². The molecule has 1 N–H and O–H groups in total. The highest BCUT2D eigenvalue weighted by molar-refractivity contribution is 6.32. The Morgan fingerprint density at radius 3 is 2.79 bits per heavy atom. The van der Waals surface area contributed by atoms with Gasteiger partial charge in [-0.2, -0.15) is 0 Å². The lowest BCUT2D eigenvalue weighted by molar-refractivity contribution is 0.116. The minimum Gasteiger partial charge on any atom is -0.359 e. The number of rotatable bonds is 1. The third kappa shape index (κ3) is 1.41. The van der Waals surface area contributed by atoms with Gasteiger partial charge in [-0.25, -0.2) is 0 Å². The van der Waals surface area contributed by atoms with E-state index in [0.717, 1.165) is 23.7 Å². The van der Waals surface area contributed by atoms with E-state index in [9.17, 15) is 0 Å². The maximum atomic E-state index is 6.48. The molecule has 2 aromatic rings. The number of hydrogen-bond acceptors (Lipinski definition) is 2. The molecule has 0 radical (unpaired) electrons. The van der Waals surface area contributed by atoms with Crippen LogP contribution >= 0.6 is 11.6 Å². The van der Waals surface area contributed by atoms with E-state index >= 15 is 0 Å². The van der Waals surface area contributed by atoms with Crippen LogP contribution in [0.25, 0.3) is 0 Å². The number of hydrogen-bond donors (Lipinski definition) is 1. The zero-order valence-electron chi connectivity index (χ0n) is 10.4. The molecule has 2 heterocycles. The second-order valence-corrected chi connectivity index (χ2v) is 5.55. The fourth-order valence-corrected chi connectivity index (χ4v) is 3.79. The van der Waals surface area contributed by atoms with Gasteiger partial charge in [0.25, 0.3) is 0 Å². The van der Waals surface area contributed by atoms with E-state index in [4.69, 9.17) is 16.3 Å². The summed E-state index contributed by atoms with van der Waals surface area (Å²) in [4.78, 5) is 0. The molecule has 2 aliphatic heterocycles. The van der Waals surface area contributed by atoms with Gasteiger partial charge in [0, 0.05) is 16.3 Å².